The van der Waals surface area contributed by atoms with Crippen LogP contribution < -0.4 is 16.4 Å². The van der Waals surface area contributed by atoms with Crippen LogP contribution in [-0.4, -0.2) is 25.8 Å². The van der Waals surface area contributed by atoms with Crippen LogP contribution in [0.2, 0.25) is 0 Å². The second kappa shape index (κ2) is 14.5. The molecular formula is C72H41BN4. The lowest BCUT2D eigenvalue weighted by Crippen LogP contribution is -2.59. The van der Waals surface area contributed by atoms with Gasteiger partial charge in [-0.05, 0) is 172 Å². The average Bonchev–Trinajstić information content (AvgIpc) is 3.78. The quantitative estimate of drug-likeness (QED) is 0.128. The fraction of sp³-hybridized carbons (Fsp3) is 0.0278. The van der Waals surface area contributed by atoms with Crippen molar-refractivity contribution in [3.63, 3.8) is 0 Å². The molecular weight excluding hydrogens is 932 g/mol. The third-order valence-corrected chi connectivity index (χ3v) is 18.2. The number of aromatic nitrogens is 4. The van der Waals surface area contributed by atoms with Gasteiger partial charge in [0.15, 0.2) is 0 Å². The highest BCUT2D eigenvalue weighted by atomic mass is 15.0. The number of pyridine rings is 2. The van der Waals surface area contributed by atoms with Crippen LogP contribution in [0, 0.1) is 0 Å². The number of nitrogens with zero attached hydrogens (tertiary/aromatic N) is 4. The lowest BCUT2D eigenvalue weighted by molar-refractivity contribution is 1.00. The van der Waals surface area contributed by atoms with E-state index in [1.807, 2.05) is 12.4 Å². The Bertz CT molecular complexity index is 5440. The molecule has 0 saturated heterocycles. The van der Waals surface area contributed by atoms with Gasteiger partial charge >= 0.3 is 0 Å². The zero-order valence-corrected chi connectivity index (χ0v) is 41.6. The van der Waals surface area contributed by atoms with E-state index in [4.69, 9.17) is 9.97 Å². The Balaban J connectivity index is 1.03. The monoisotopic (exact) mass is 972 g/mol. The topological polar surface area (TPSA) is 35.6 Å². The summed E-state index contributed by atoms with van der Waals surface area (Å²) in [5.74, 6) is 0. The van der Waals surface area contributed by atoms with Crippen LogP contribution in [0.4, 0.5) is 0 Å². The van der Waals surface area contributed by atoms with Crippen molar-refractivity contribution in [1.29, 1.82) is 0 Å². The zero-order chi connectivity index (χ0) is 49.8. The zero-order valence-electron chi connectivity index (χ0n) is 41.6. The highest BCUT2D eigenvalue weighted by Crippen LogP contribution is 2.50. The Morgan fingerprint density at radius 3 is 1.70 bits per heavy atom. The predicted molar refractivity (Wildman–Crippen MR) is 326 cm³/mol. The van der Waals surface area contributed by atoms with Gasteiger partial charge in [-0.15, -0.1) is 0 Å². The molecule has 12 aromatic carbocycles. The van der Waals surface area contributed by atoms with E-state index >= 15 is 0 Å². The standard InChI is InChI=1S/C72H41BN4/c1-3-18-48-44(14-1)46-16-5-7-20-52(46)66-54(48)31-33-63-68(66)69-67-53-21-8-6-17-47(53)45-15-2-4-19-49(45)56(67)39-59-72(69)77(63)65-29-11-28-64-70(65)73(59)58-38-41(43-23-10-27-61-51(43)25-13-35-75-61)37-57-55-36-40(30-32-62(55)76(64)71(57)58)42-22-9-26-60-50(42)24-12-34-74-60/h1-5,7-16,18-39H,6,17H2. The summed E-state index contributed by atoms with van der Waals surface area (Å²) in [5, 5.41) is 20.7. The summed E-state index contributed by atoms with van der Waals surface area (Å²) in [4.78, 5) is 9.66. The Kier molecular flexibility index (Phi) is 7.64. The molecule has 6 heterocycles. The minimum Gasteiger partial charge on any atom is -0.310 e. The number of allylic oxidation sites excluding steroid dienone is 1. The fourth-order valence-electron chi connectivity index (χ4n) is 15.2. The molecule has 1 aliphatic carbocycles. The van der Waals surface area contributed by atoms with Gasteiger partial charge in [-0.25, -0.2) is 0 Å². The predicted octanol–water partition coefficient (Wildman–Crippen LogP) is 16.2. The van der Waals surface area contributed by atoms with E-state index < -0.39 is 0 Å². The Hall–Kier alpha value is -9.84. The van der Waals surface area contributed by atoms with Crippen LogP contribution in [0.25, 0.3) is 159 Å². The van der Waals surface area contributed by atoms with Crippen LogP contribution in [0.1, 0.15) is 17.5 Å². The van der Waals surface area contributed by atoms with Crippen molar-refractivity contribution in [2.75, 3.05) is 0 Å². The largest absolute Gasteiger partial charge is 0.310 e. The molecule has 0 bridgehead atoms. The summed E-state index contributed by atoms with van der Waals surface area (Å²) in [7, 11) is 0. The first-order valence-corrected chi connectivity index (χ1v) is 27.1. The molecule has 19 rings (SSSR count). The van der Waals surface area contributed by atoms with Crippen LogP contribution in [-0.2, 0) is 6.42 Å². The fourth-order valence-corrected chi connectivity index (χ4v) is 15.2. The third kappa shape index (κ3) is 5.05. The van der Waals surface area contributed by atoms with Gasteiger partial charge in [0.05, 0.1) is 27.6 Å². The molecule has 0 unspecified atom stereocenters. The molecule has 0 saturated carbocycles. The van der Waals surface area contributed by atoms with Crippen LogP contribution >= 0.6 is 0 Å². The van der Waals surface area contributed by atoms with E-state index in [0.717, 1.165) is 34.6 Å². The Labute approximate surface area is 441 Å². The van der Waals surface area contributed by atoms with Crippen molar-refractivity contribution in [3.8, 4) is 33.6 Å². The molecule has 0 radical (unpaired) electrons. The molecule has 0 fully saturated rings. The van der Waals surface area contributed by atoms with E-state index in [-0.39, 0.29) is 6.71 Å². The maximum Gasteiger partial charge on any atom is 0.252 e. The highest BCUT2D eigenvalue weighted by molar-refractivity contribution is 7.00. The average molecular weight is 973 g/mol. The van der Waals surface area contributed by atoms with E-state index in [1.165, 1.54) is 159 Å². The summed E-state index contributed by atoms with van der Waals surface area (Å²) < 4.78 is 5.30. The van der Waals surface area contributed by atoms with Crippen molar-refractivity contribution in [1.82, 2.24) is 19.1 Å². The summed E-state index contributed by atoms with van der Waals surface area (Å²) in [6.07, 6.45) is 10.7. The molecule has 77 heavy (non-hydrogen) atoms. The molecule has 16 aromatic rings. The van der Waals surface area contributed by atoms with Gasteiger partial charge in [-0.2, -0.15) is 0 Å². The molecule has 0 amide bonds. The normalized spacial score (nSPS) is 13.5. The maximum atomic E-state index is 4.89. The minimum absolute atomic E-state index is 0.0879. The van der Waals surface area contributed by atoms with Gasteiger partial charge in [0, 0.05) is 67.0 Å². The van der Waals surface area contributed by atoms with Gasteiger partial charge in [0.25, 0.3) is 6.71 Å². The second-order valence-electron chi connectivity index (χ2n) is 21.7. The van der Waals surface area contributed by atoms with E-state index in [1.54, 1.807) is 0 Å². The lowest BCUT2D eigenvalue weighted by atomic mass is 9.34. The van der Waals surface area contributed by atoms with Gasteiger partial charge < -0.3 is 9.13 Å². The third-order valence-electron chi connectivity index (χ3n) is 18.2. The number of benzene rings is 12. The highest BCUT2D eigenvalue weighted by Gasteiger charge is 2.42. The molecule has 4 aromatic heterocycles. The summed E-state index contributed by atoms with van der Waals surface area (Å²) in [6.45, 7) is -0.0879. The van der Waals surface area contributed by atoms with Gasteiger partial charge in [0.2, 0.25) is 0 Å². The van der Waals surface area contributed by atoms with E-state index in [2.05, 4.69) is 221 Å². The molecule has 0 spiro atoms. The molecule has 2 aliphatic heterocycles. The SMILES string of the molecule is C1=Cc2c(c3ccccc3c3cc4c5c(c23)c2c3c6ccccc6c6ccccc6c3ccc2n5-c2cccc3c2B4c2cc(-c4cccc5ncccc45)cc4c5cc(-c6cccc7ncccc67)ccc5n-3c24)CC1. The van der Waals surface area contributed by atoms with Crippen molar-refractivity contribution in [2.45, 2.75) is 12.8 Å². The summed E-state index contributed by atoms with van der Waals surface area (Å²) in [6, 6.07) is 76.0. The molecule has 5 heteroatoms. The van der Waals surface area contributed by atoms with E-state index in [9.17, 15) is 0 Å². The summed E-state index contributed by atoms with van der Waals surface area (Å²) in [5.41, 5.74) is 21.1. The Morgan fingerprint density at radius 2 is 0.961 bits per heavy atom. The second-order valence-corrected chi connectivity index (χ2v) is 21.7. The van der Waals surface area contributed by atoms with Crippen LogP contribution in [0.3, 0.4) is 0 Å². The van der Waals surface area contributed by atoms with Crippen molar-refractivity contribution >= 4 is 148 Å². The number of hydrogen-bond donors (Lipinski definition) is 0. The lowest BCUT2D eigenvalue weighted by Gasteiger charge is -2.34. The van der Waals surface area contributed by atoms with Gasteiger partial charge in [-0.3, -0.25) is 9.97 Å². The molecule has 352 valence electrons. The molecule has 0 N–H and O–H groups in total. The number of fused-ring (bicyclic) bond motifs is 26. The van der Waals surface area contributed by atoms with Gasteiger partial charge in [0.1, 0.15) is 0 Å². The molecule has 3 aliphatic rings. The van der Waals surface area contributed by atoms with Crippen molar-refractivity contribution in [2.24, 2.45) is 0 Å². The van der Waals surface area contributed by atoms with Crippen molar-refractivity contribution < 1.29 is 0 Å². The maximum absolute atomic E-state index is 4.89. The number of aryl methyl sites for hydroxylation is 1. The van der Waals surface area contributed by atoms with Crippen molar-refractivity contribution in [3.05, 3.63) is 230 Å². The first-order valence-electron chi connectivity index (χ1n) is 27.1. The minimum atomic E-state index is -0.0879. The van der Waals surface area contributed by atoms with Crippen LogP contribution in [0.15, 0.2) is 219 Å². The number of rotatable bonds is 2. The first kappa shape index (κ1) is 40.5. The number of hydrogen-bond acceptors (Lipinski definition) is 2. The molecule has 0 atom stereocenters. The summed E-state index contributed by atoms with van der Waals surface area (Å²) >= 11 is 0. The smallest absolute Gasteiger partial charge is 0.252 e. The van der Waals surface area contributed by atoms with Crippen LogP contribution in [0.5, 0.6) is 0 Å². The molecule has 4 nitrogen and oxygen atoms in total. The first-order chi connectivity index (χ1) is 38.2. The van der Waals surface area contributed by atoms with E-state index in [0.29, 0.717) is 0 Å². The van der Waals surface area contributed by atoms with Gasteiger partial charge in [-0.1, -0.05) is 152 Å². The Morgan fingerprint density at radius 1 is 0.377 bits per heavy atom.